The molecule has 0 radical (unpaired) electrons. The Labute approximate surface area is 75.4 Å². The molecule has 66 valence electrons. The molecule has 0 nitrogen and oxygen atoms in total. The third kappa shape index (κ3) is 1.48. The van der Waals surface area contributed by atoms with Crippen molar-refractivity contribution >= 4 is 0 Å². The number of hydrogen-bond acceptors (Lipinski definition) is 0. The Balaban J connectivity index is 2.16. The second-order valence-corrected chi connectivity index (χ2v) is 4.24. The largest absolute Gasteiger partial charge is 0.0845 e. The molecule has 0 saturated heterocycles. The average Bonchev–Trinajstić information content (AvgIpc) is 2.30. The molecule has 0 aromatic carbocycles. The van der Waals surface area contributed by atoms with E-state index in [4.69, 9.17) is 0 Å². The first-order chi connectivity index (χ1) is 5.88. The predicted molar refractivity (Wildman–Crippen MR) is 52.9 cm³/mol. The van der Waals surface area contributed by atoms with E-state index in [2.05, 4.69) is 31.2 Å². The minimum Gasteiger partial charge on any atom is -0.0845 e. The molecule has 0 N–H and O–H groups in total. The van der Waals surface area contributed by atoms with E-state index in [1.807, 2.05) is 0 Å². The van der Waals surface area contributed by atoms with Crippen molar-refractivity contribution in [2.24, 2.45) is 17.8 Å². The second-order valence-electron chi connectivity index (χ2n) is 4.24. The van der Waals surface area contributed by atoms with Crippen LogP contribution in [0.5, 0.6) is 0 Å². The van der Waals surface area contributed by atoms with Gasteiger partial charge in [0.25, 0.3) is 0 Å². The Bertz CT molecular complexity index is 200. The maximum Gasteiger partial charge on any atom is -0.0145 e. The van der Waals surface area contributed by atoms with E-state index in [0.29, 0.717) is 0 Å². The summed E-state index contributed by atoms with van der Waals surface area (Å²) in [5.41, 5.74) is 0. The second kappa shape index (κ2) is 3.47. The standard InChI is InChI=1S/C12H18/c1-10-6-5-8-11-7-3-2-4-9-12(10)11/h3-4,7,9-12H,2,5-6,8H2,1H3. The molecule has 12 heavy (non-hydrogen) atoms. The Morgan fingerprint density at radius 2 is 1.92 bits per heavy atom. The van der Waals surface area contributed by atoms with Crippen molar-refractivity contribution in [2.45, 2.75) is 32.6 Å². The van der Waals surface area contributed by atoms with Crippen LogP contribution in [0.2, 0.25) is 0 Å². The van der Waals surface area contributed by atoms with Crippen LogP contribution in [0.3, 0.4) is 0 Å². The van der Waals surface area contributed by atoms with Crippen LogP contribution >= 0.6 is 0 Å². The summed E-state index contributed by atoms with van der Waals surface area (Å²) in [5, 5.41) is 0. The van der Waals surface area contributed by atoms with E-state index in [9.17, 15) is 0 Å². The summed E-state index contributed by atoms with van der Waals surface area (Å²) in [5.74, 6) is 2.60. The van der Waals surface area contributed by atoms with Gasteiger partial charge in [0.05, 0.1) is 0 Å². The van der Waals surface area contributed by atoms with Crippen LogP contribution in [0, 0.1) is 17.8 Å². The van der Waals surface area contributed by atoms with Crippen LogP contribution in [0.1, 0.15) is 32.6 Å². The summed E-state index contributed by atoms with van der Waals surface area (Å²) in [4.78, 5) is 0. The van der Waals surface area contributed by atoms with Gasteiger partial charge >= 0.3 is 0 Å². The van der Waals surface area contributed by atoms with Gasteiger partial charge in [0.15, 0.2) is 0 Å². The lowest BCUT2D eigenvalue weighted by Crippen LogP contribution is -2.23. The Hall–Kier alpha value is -0.520. The van der Waals surface area contributed by atoms with Crippen LogP contribution in [0.25, 0.3) is 0 Å². The van der Waals surface area contributed by atoms with Gasteiger partial charge in [-0.2, -0.15) is 0 Å². The summed E-state index contributed by atoms with van der Waals surface area (Å²) in [6.45, 7) is 2.40. The molecule has 0 heterocycles. The highest BCUT2D eigenvalue weighted by molar-refractivity contribution is 5.08. The SMILES string of the molecule is CC1CCCC2C=CCC=CC12. The van der Waals surface area contributed by atoms with Crippen molar-refractivity contribution in [3.63, 3.8) is 0 Å². The minimum atomic E-state index is 0.845. The Morgan fingerprint density at radius 1 is 1.08 bits per heavy atom. The predicted octanol–water partition coefficient (Wildman–Crippen LogP) is 3.55. The summed E-state index contributed by atoms with van der Waals surface area (Å²) in [7, 11) is 0. The molecule has 0 aliphatic heterocycles. The average molecular weight is 162 g/mol. The van der Waals surface area contributed by atoms with Crippen LogP contribution in [-0.2, 0) is 0 Å². The molecule has 3 atom stereocenters. The van der Waals surface area contributed by atoms with E-state index in [1.165, 1.54) is 19.3 Å². The fourth-order valence-electron chi connectivity index (χ4n) is 2.61. The van der Waals surface area contributed by atoms with Gasteiger partial charge in [0, 0.05) is 0 Å². The zero-order valence-corrected chi connectivity index (χ0v) is 7.87. The molecule has 3 unspecified atom stereocenters. The van der Waals surface area contributed by atoms with Crippen molar-refractivity contribution < 1.29 is 0 Å². The maximum atomic E-state index is 2.45. The highest BCUT2D eigenvalue weighted by Crippen LogP contribution is 2.37. The summed E-state index contributed by atoms with van der Waals surface area (Å²) in [6, 6.07) is 0. The molecule has 2 aliphatic rings. The molecule has 1 saturated carbocycles. The van der Waals surface area contributed by atoms with Crippen LogP contribution in [0.15, 0.2) is 24.3 Å². The van der Waals surface area contributed by atoms with Crippen molar-refractivity contribution in [1.82, 2.24) is 0 Å². The molecule has 1 fully saturated rings. The lowest BCUT2D eigenvalue weighted by molar-refractivity contribution is 0.248. The molecule has 0 aromatic rings. The molecule has 0 aromatic heterocycles. The summed E-state index contributed by atoms with van der Waals surface area (Å²) < 4.78 is 0. The van der Waals surface area contributed by atoms with Gasteiger partial charge < -0.3 is 0 Å². The fourth-order valence-corrected chi connectivity index (χ4v) is 2.61. The third-order valence-corrected chi connectivity index (χ3v) is 3.36. The van der Waals surface area contributed by atoms with Crippen LogP contribution < -0.4 is 0 Å². The molecular weight excluding hydrogens is 144 g/mol. The lowest BCUT2D eigenvalue weighted by atomic mass is 9.73. The highest BCUT2D eigenvalue weighted by atomic mass is 14.3. The first-order valence-corrected chi connectivity index (χ1v) is 5.21. The quantitative estimate of drug-likeness (QED) is 0.478. The maximum absolute atomic E-state index is 2.45. The summed E-state index contributed by atoms with van der Waals surface area (Å²) >= 11 is 0. The zero-order valence-electron chi connectivity index (χ0n) is 7.87. The van der Waals surface area contributed by atoms with Gasteiger partial charge in [-0.05, 0) is 30.6 Å². The van der Waals surface area contributed by atoms with Crippen molar-refractivity contribution in [2.75, 3.05) is 0 Å². The molecular formula is C12H18. The van der Waals surface area contributed by atoms with E-state index in [-0.39, 0.29) is 0 Å². The van der Waals surface area contributed by atoms with E-state index in [1.54, 1.807) is 0 Å². The number of fused-ring (bicyclic) bond motifs is 1. The molecule has 2 rings (SSSR count). The first kappa shape index (κ1) is 8.10. The zero-order chi connectivity index (χ0) is 8.39. The van der Waals surface area contributed by atoms with Crippen molar-refractivity contribution in [3.8, 4) is 0 Å². The number of allylic oxidation sites excluding steroid dienone is 4. The van der Waals surface area contributed by atoms with Crippen LogP contribution in [-0.4, -0.2) is 0 Å². The fraction of sp³-hybridized carbons (Fsp3) is 0.667. The van der Waals surface area contributed by atoms with Gasteiger partial charge in [-0.1, -0.05) is 44.1 Å². The highest BCUT2D eigenvalue weighted by Gasteiger charge is 2.27. The van der Waals surface area contributed by atoms with Gasteiger partial charge in [0.2, 0.25) is 0 Å². The molecule has 0 spiro atoms. The van der Waals surface area contributed by atoms with Crippen LogP contribution in [0.4, 0.5) is 0 Å². The Kier molecular flexibility index (Phi) is 2.34. The summed E-state index contributed by atoms with van der Waals surface area (Å²) in [6.07, 6.45) is 15.0. The first-order valence-electron chi connectivity index (χ1n) is 5.21. The van der Waals surface area contributed by atoms with Crippen molar-refractivity contribution in [3.05, 3.63) is 24.3 Å². The van der Waals surface area contributed by atoms with E-state index >= 15 is 0 Å². The van der Waals surface area contributed by atoms with Crippen molar-refractivity contribution in [1.29, 1.82) is 0 Å². The molecule has 0 bridgehead atoms. The smallest absolute Gasteiger partial charge is 0.0145 e. The minimum absolute atomic E-state index is 0.845. The lowest BCUT2D eigenvalue weighted by Gasteiger charge is -2.32. The topological polar surface area (TPSA) is 0 Å². The molecule has 2 aliphatic carbocycles. The molecule has 0 amide bonds. The van der Waals surface area contributed by atoms with Gasteiger partial charge in [-0.15, -0.1) is 0 Å². The molecule has 0 heteroatoms. The Morgan fingerprint density at radius 3 is 2.83 bits per heavy atom. The third-order valence-electron chi connectivity index (χ3n) is 3.36. The van der Waals surface area contributed by atoms with Gasteiger partial charge in [-0.3, -0.25) is 0 Å². The van der Waals surface area contributed by atoms with Gasteiger partial charge in [-0.25, -0.2) is 0 Å². The van der Waals surface area contributed by atoms with E-state index in [0.717, 1.165) is 24.2 Å². The van der Waals surface area contributed by atoms with E-state index < -0.39 is 0 Å². The number of rotatable bonds is 0. The normalized spacial score (nSPS) is 40.6. The monoisotopic (exact) mass is 162 g/mol. The number of hydrogen-bond donors (Lipinski definition) is 0. The van der Waals surface area contributed by atoms with Gasteiger partial charge in [0.1, 0.15) is 0 Å².